The summed E-state index contributed by atoms with van der Waals surface area (Å²) in [5.74, 6) is 0.963. The van der Waals surface area contributed by atoms with Gasteiger partial charge in [-0.2, -0.15) is 0 Å². The van der Waals surface area contributed by atoms with Crippen LogP contribution in [-0.2, 0) is 6.42 Å². The molecule has 0 saturated heterocycles. The zero-order valence-electron chi connectivity index (χ0n) is 10.4. The first-order valence-corrected chi connectivity index (χ1v) is 5.50. The van der Waals surface area contributed by atoms with E-state index in [0.29, 0.717) is 6.04 Å². The van der Waals surface area contributed by atoms with Gasteiger partial charge in [0.2, 0.25) is 0 Å². The van der Waals surface area contributed by atoms with Crippen molar-refractivity contribution in [2.24, 2.45) is 0 Å². The van der Waals surface area contributed by atoms with E-state index in [4.69, 9.17) is 4.74 Å². The average Bonchev–Trinajstić information content (AvgIpc) is 2.26. The number of aryl methyl sites for hydroxylation is 1. The van der Waals surface area contributed by atoms with Gasteiger partial charge in [-0.05, 0) is 31.9 Å². The Bertz CT molecular complexity index is 298. The summed E-state index contributed by atoms with van der Waals surface area (Å²) in [5.41, 5.74) is 2.56. The van der Waals surface area contributed by atoms with Gasteiger partial charge in [-0.25, -0.2) is 0 Å². The van der Waals surface area contributed by atoms with Crippen molar-refractivity contribution in [1.82, 2.24) is 0 Å². The number of methoxy groups -OCH3 is 1. The van der Waals surface area contributed by atoms with Crippen molar-refractivity contribution in [1.29, 1.82) is 0 Å². The van der Waals surface area contributed by atoms with Gasteiger partial charge in [0.1, 0.15) is 5.75 Å². The molecular weight excluding hydrogens is 186 g/mol. The summed E-state index contributed by atoms with van der Waals surface area (Å²) in [7, 11) is 3.84. The zero-order chi connectivity index (χ0) is 11.4. The zero-order valence-corrected chi connectivity index (χ0v) is 10.4. The van der Waals surface area contributed by atoms with Gasteiger partial charge in [-0.15, -0.1) is 0 Å². The molecule has 0 heterocycles. The summed E-state index contributed by atoms with van der Waals surface area (Å²) >= 11 is 0. The number of para-hydroxylation sites is 1. The molecule has 0 fully saturated rings. The molecule has 0 saturated carbocycles. The summed E-state index contributed by atoms with van der Waals surface area (Å²) in [6.45, 7) is 6.55. The second kappa shape index (κ2) is 5.06. The first-order valence-electron chi connectivity index (χ1n) is 5.50. The summed E-state index contributed by atoms with van der Waals surface area (Å²) in [6.07, 6.45) is 1.03. The lowest BCUT2D eigenvalue weighted by Gasteiger charge is -2.28. The van der Waals surface area contributed by atoms with E-state index in [1.807, 2.05) is 6.07 Å². The highest BCUT2D eigenvalue weighted by Crippen LogP contribution is 2.32. The maximum absolute atomic E-state index is 5.42. The van der Waals surface area contributed by atoms with Crippen LogP contribution in [0.2, 0.25) is 0 Å². The second-order valence-electron chi connectivity index (χ2n) is 4.03. The Morgan fingerprint density at radius 3 is 2.47 bits per heavy atom. The Kier molecular flexibility index (Phi) is 4.01. The normalized spacial score (nSPS) is 10.5. The minimum absolute atomic E-state index is 0.478. The molecular formula is C13H21NO. The molecule has 1 aromatic carbocycles. The third-order valence-electron chi connectivity index (χ3n) is 2.81. The van der Waals surface area contributed by atoms with Gasteiger partial charge in [0.15, 0.2) is 0 Å². The SMILES string of the molecule is CCc1cccc(OC)c1N(C)C(C)C. The Hall–Kier alpha value is -1.18. The Morgan fingerprint density at radius 2 is 2.00 bits per heavy atom. The molecule has 0 N–H and O–H groups in total. The fourth-order valence-corrected chi connectivity index (χ4v) is 1.68. The lowest BCUT2D eigenvalue weighted by Crippen LogP contribution is -2.27. The molecule has 2 nitrogen and oxygen atoms in total. The number of hydrogen-bond donors (Lipinski definition) is 0. The maximum atomic E-state index is 5.42. The van der Waals surface area contributed by atoms with Crippen LogP contribution in [0.3, 0.4) is 0 Å². The van der Waals surface area contributed by atoms with Gasteiger partial charge in [-0.1, -0.05) is 19.1 Å². The van der Waals surface area contributed by atoms with Crippen LogP contribution in [0.25, 0.3) is 0 Å². The van der Waals surface area contributed by atoms with Gasteiger partial charge in [0, 0.05) is 13.1 Å². The van der Waals surface area contributed by atoms with E-state index < -0.39 is 0 Å². The third kappa shape index (κ3) is 2.44. The van der Waals surface area contributed by atoms with Gasteiger partial charge in [0.25, 0.3) is 0 Å². The van der Waals surface area contributed by atoms with Crippen LogP contribution >= 0.6 is 0 Å². The van der Waals surface area contributed by atoms with Crippen molar-refractivity contribution >= 4 is 5.69 Å². The van der Waals surface area contributed by atoms with Crippen LogP contribution in [0.1, 0.15) is 26.3 Å². The lowest BCUT2D eigenvalue weighted by atomic mass is 10.1. The summed E-state index contributed by atoms with van der Waals surface area (Å²) < 4.78 is 5.42. The first-order chi connectivity index (χ1) is 7.11. The van der Waals surface area contributed by atoms with Crippen LogP contribution in [-0.4, -0.2) is 20.2 Å². The van der Waals surface area contributed by atoms with Crippen LogP contribution in [0, 0.1) is 0 Å². The third-order valence-corrected chi connectivity index (χ3v) is 2.81. The lowest BCUT2D eigenvalue weighted by molar-refractivity contribution is 0.413. The van der Waals surface area contributed by atoms with Crippen molar-refractivity contribution in [3.8, 4) is 5.75 Å². The maximum Gasteiger partial charge on any atom is 0.142 e. The smallest absolute Gasteiger partial charge is 0.142 e. The monoisotopic (exact) mass is 207 g/mol. The van der Waals surface area contributed by atoms with E-state index >= 15 is 0 Å². The fourth-order valence-electron chi connectivity index (χ4n) is 1.68. The van der Waals surface area contributed by atoms with Gasteiger partial charge in [-0.3, -0.25) is 0 Å². The fraction of sp³-hybridized carbons (Fsp3) is 0.538. The van der Waals surface area contributed by atoms with Crippen molar-refractivity contribution in [2.75, 3.05) is 19.1 Å². The number of rotatable bonds is 4. The number of ether oxygens (including phenoxy) is 1. The number of anilines is 1. The van der Waals surface area contributed by atoms with Crippen LogP contribution in [0.5, 0.6) is 5.75 Å². The van der Waals surface area contributed by atoms with E-state index in [0.717, 1.165) is 12.2 Å². The van der Waals surface area contributed by atoms with Gasteiger partial charge >= 0.3 is 0 Å². The average molecular weight is 207 g/mol. The minimum atomic E-state index is 0.478. The molecule has 1 rings (SSSR count). The first kappa shape index (κ1) is 11.9. The predicted octanol–water partition coefficient (Wildman–Crippen LogP) is 3.10. The number of nitrogens with zero attached hydrogens (tertiary/aromatic N) is 1. The van der Waals surface area contributed by atoms with Crippen LogP contribution in [0.4, 0.5) is 5.69 Å². The standard InChI is InChI=1S/C13H21NO/c1-6-11-8-7-9-12(15-5)13(11)14(4)10(2)3/h7-10H,6H2,1-5H3. The van der Waals surface area contributed by atoms with Crippen molar-refractivity contribution < 1.29 is 4.74 Å². The van der Waals surface area contributed by atoms with Gasteiger partial charge in [0.05, 0.1) is 12.8 Å². The largest absolute Gasteiger partial charge is 0.495 e. The predicted molar refractivity (Wildman–Crippen MR) is 65.9 cm³/mol. The van der Waals surface area contributed by atoms with E-state index in [9.17, 15) is 0 Å². The van der Waals surface area contributed by atoms with Crippen molar-refractivity contribution in [3.63, 3.8) is 0 Å². The number of benzene rings is 1. The van der Waals surface area contributed by atoms with Crippen molar-refractivity contribution in [2.45, 2.75) is 33.2 Å². The Morgan fingerprint density at radius 1 is 1.33 bits per heavy atom. The molecule has 0 spiro atoms. The molecule has 15 heavy (non-hydrogen) atoms. The van der Waals surface area contributed by atoms with Crippen LogP contribution in [0.15, 0.2) is 18.2 Å². The quantitative estimate of drug-likeness (QED) is 0.752. The van der Waals surface area contributed by atoms with E-state index in [1.54, 1.807) is 7.11 Å². The summed E-state index contributed by atoms with van der Waals surface area (Å²) in [6, 6.07) is 6.71. The topological polar surface area (TPSA) is 12.5 Å². The van der Waals surface area contributed by atoms with E-state index in [2.05, 4.69) is 44.9 Å². The van der Waals surface area contributed by atoms with E-state index in [-0.39, 0.29) is 0 Å². The molecule has 0 aromatic heterocycles. The molecule has 1 aromatic rings. The van der Waals surface area contributed by atoms with Crippen molar-refractivity contribution in [3.05, 3.63) is 23.8 Å². The molecule has 0 amide bonds. The Balaban J connectivity index is 3.21. The molecule has 84 valence electrons. The van der Waals surface area contributed by atoms with Crippen LogP contribution < -0.4 is 9.64 Å². The van der Waals surface area contributed by atoms with E-state index in [1.165, 1.54) is 11.3 Å². The molecule has 2 heteroatoms. The second-order valence-corrected chi connectivity index (χ2v) is 4.03. The molecule has 0 bridgehead atoms. The molecule has 0 aliphatic heterocycles. The van der Waals surface area contributed by atoms with Gasteiger partial charge < -0.3 is 9.64 Å². The molecule has 0 atom stereocenters. The Labute approximate surface area is 92.9 Å². The molecule has 0 aliphatic carbocycles. The number of hydrogen-bond acceptors (Lipinski definition) is 2. The highest BCUT2D eigenvalue weighted by Gasteiger charge is 2.14. The highest BCUT2D eigenvalue weighted by atomic mass is 16.5. The minimum Gasteiger partial charge on any atom is -0.495 e. The molecule has 0 unspecified atom stereocenters. The highest BCUT2D eigenvalue weighted by molar-refractivity contribution is 5.64. The summed E-state index contributed by atoms with van der Waals surface area (Å²) in [5, 5.41) is 0. The molecule has 0 radical (unpaired) electrons. The molecule has 0 aliphatic rings. The summed E-state index contributed by atoms with van der Waals surface area (Å²) in [4.78, 5) is 2.26.